The number of aromatic nitrogens is 2. The van der Waals surface area contributed by atoms with Crippen LogP contribution in [0.15, 0.2) is 4.79 Å². The second-order valence-electron chi connectivity index (χ2n) is 4.43. The molecule has 0 aliphatic heterocycles. The Hall–Kier alpha value is -1.85. The first-order valence-electron chi connectivity index (χ1n) is 6.72. The molecule has 0 amide bonds. The second kappa shape index (κ2) is 7.42. The van der Waals surface area contributed by atoms with Crippen LogP contribution in [0.4, 0.5) is 0 Å². The number of hydrogen-bond acceptors (Lipinski definition) is 7. The van der Waals surface area contributed by atoms with E-state index in [2.05, 4.69) is 16.0 Å². The summed E-state index contributed by atoms with van der Waals surface area (Å²) in [6.45, 7) is 3.75. The lowest BCUT2D eigenvalue weighted by Gasteiger charge is -2.00. The molecule has 0 saturated heterocycles. The standard InChI is InChI=1S/C14H15N3O3S2/c1-3-20-14(19)11-8(2)10-12(18)16-9(17-13(10)22-11)7-21-6-4-5-15/h3-4,6-7H2,1-2H3,(H,16,17,18). The molecule has 2 rings (SSSR count). The highest BCUT2D eigenvalue weighted by atomic mass is 32.2. The molecule has 0 atom stereocenters. The summed E-state index contributed by atoms with van der Waals surface area (Å²) in [5.41, 5.74) is 0.362. The zero-order chi connectivity index (χ0) is 16.1. The highest BCUT2D eigenvalue weighted by Crippen LogP contribution is 2.28. The van der Waals surface area contributed by atoms with Crippen LogP contribution in [-0.2, 0) is 10.5 Å². The van der Waals surface area contributed by atoms with Crippen molar-refractivity contribution in [1.82, 2.24) is 9.97 Å². The number of carbonyl (C=O) groups excluding carboxylic acids is 1. The fourth-order valence-corrected chi connectivity index (χ4v) is 3.74. The maximum absolute atomic E-state index is 12.2. The molecule has 2 aromatic heterocycles. The summed E-state index contributed by atoms with van der Waals surface area (Å²) >= 11 is 2.71. The van der Waals surface area contributed by atoms with Gasteiger partial charge in [-0.05, 0) is 19.4 Å². The molecule has 0 saturated carbocycles. The Morgan fingerprint density at radius 3 is 3.00 bits per heavy atom. The number of nitrogens with one attached hydrogen (secondary N) is 1. The lowest BCUT2D eigenvalue weighted by atomic mass is 10.2. The van der Waals surface area contributed by atoms with E-state index in [1.165, 1.54) is 23.1 Å². The fourth-order valence-electron chi connectivity index (χ4n) is 1.93. The van der Waals surface area contributed by atoms with Crippen molar-refractivity contribution in [3.63, 3.8) is 0 Å². The van der Waals surface area contributed by atoms with Crippen LogP contribution in [0.25, 0.3) is 10.2 Å². The average molecular weight is 337 g/mol. The van der Waals surface area contributed by atoms with Gasteiger partial charge in [0.25, 0.3) is 5.56 Å². The van der Waals surface area contributed by atoms with Crippen LogP contribution in [0.1, 0.15) is 34.4 Å². The number of nitrogens with zero attached hydrogens (tertiary/aromatic N) is 2. The predicted octanol–water partition coefficient (Wildman–Crippen LogP) is 2.62. The summed E-state index contributed by atoms with van der Waals surface area (Å²) in [6.07, 6.45) is 0.461. The van der Waals surface area contributed by atoms with E-state index in [-0.39, 0.29) is 12.2 Å². The number of ether oxygens (including phenoxy) is 1. The topological polar surface area (TPSA) is 95.8 Å². The van der Waals surface area contributed by atoms with Crippen molar-refractivity contribution in [2.75, 3.05) is 12.4 Å². The number of H-pyrrole nitrogens is 1. The van der Waals surface area contributed by atoms with Crippen LogP contribution in [-0.4, -0.2) is 28.3 Å². The molecule has 6 nitrogen and oxygen atoms in total. The molecule has 0 aliphatic rings. The zero-order valence-corrected chi connectivity index (χ0v) is 13.9. The van der Waals surface area contributed by atoms with Gasteiger partial charge in [0, 0.05) is 12.2 Å². The SMILES string of the molecule is CCOC(=O)c1sc2nc(CSCCC#N)[nH]c(=O)c2c1C. The summed E-state index contributed by atoms with van der Waals surface area (Å²) in [6, 6.07) is 2.07. The maximum Gasteiger partial charge on any atom is 0.348 e. The Balaban J connectivity index is 2.33. The minimum absolute atomic E-state index is 0.245. The van der Waals surface area contributed by atoms with Gasteiger partial charge in [-0.1, -0.05) is 0 Å². The number of carbonyl (C=O) groups is 1. The minimum Gasteiger partial charge on any atom is -0.462 e. The molecule has 1 N–H and O–H groups in total. The van der Waals surface area contributed by atoms with Crippen LogP contribution >= 0.6 is 23.1 Å². The quantitative estimate of drug-likeness (QED) is 0.643. The Labute approximate surface area is 135 Å². The Morgan fingerprint density at radius 2 is 2.32 bits per heavy atom. The summed E-state index contributed by atoms with van der Waals surface area (Å²) in [7, 11) is 0. The molecule has 0 unspecified atom stereocenters. The van der Waals surface area contributed by atoms with Crippen LogP contribution < -0.4 is 5.56 Å². The second-order valence-corrected chi connectivity index (χ2v) is 6.53. The van der Waals surface area contributed by atoms with Crippen molar-refractivity contribution < 1.29 is 9.53 Å². The smallest absolute Gasteiger partial charge is 0.348 e. The van der Waals surface area contributed by atoms with Crippen LogP contribution in [0.5, 0.6) is 0 Å². The number of fused-ring (bicyclic) bond motifs is 1. The number of esters is 1. The molecule has 116 valence electrons. The number of aromatic amines is 1. The van der Waals surface area contributed by atoms with E-state index >= 15 is 0 Å². The van der Waals surface area contributed by atoms with Gasteiger partial charge in [-0.3, -0.25) is 4.79 Å². The molecule has 22 heavy (non-hydrogen) atoms. The third-order valence-electron chi connectivity index (χ3n) is 2.91. The summed E-state index contributed by atoms with van der Waals surface area (Å²) in [4.78, 5) is 32.2. The first kappa shape index (κ1) is 16.5. The third-order valence-corrected chi connectivity index (χ3v) is 5.04. The lowest BCUT2D eigenvalue weighted by molar-refractivity contribution is 0.0531. The third kappa shape index (κ3) is 3.48. The Morgan fingerprint density at radius 1 is 1.55 bits per heavy atom. The van der Waals surface area contributed by atoms with E-state index in [0.29, 0.717) is 44.4 Å². The molecule has 2 aromatic rings. The van der Waals surface area contributed by atoms with E-state index in [0.717, 1.165) is 0 Å². The number of thioether (sulfide) groups is 1. The molecule has 0 aromatic carbocycles. The number of aryl methyl sites for hydroxylation is 1. The number of hydrogen-bond donors (Lipinski definition) is 1. The molecular formula is C14H15N3O3S2. The van der Waals surface area contributed by atoms with Crippen molar-refractivity contribution in [3.05, 3.63) is 26.6 Å². The lowest BCUT2D eigenvalue weighted by Crippen LogP contribution is -2.11. The maximum atomic E-state index is 12.2. The molecule has 0 bridgehead atoms. The van der Waals surface area contributed by atoms with E-state index in [1.54, 1.807) is 13.8 Å². The summed E-state index contributed by atoms with van der Waals surface area (Å²) in [5.74, 6) is 1.35. The first-order valence-corrected chi connectivity index (χ1v) is 8.69. The zero-order valence-electron chi connectivity index (χ0n) is 12.3. The van der Waals surface area contributed by atoms with E-state index < -0.39 is 5.97 Å². The minimum atomic E-state index is -0.424. The summed E-state index contributed by atoms with van der Waals surface area (Å²) < 4.78 is 5.00. The van der Waals surface area contributed by atoms with Crippen molar-refractivity contribution in [3.8, 4) is 6.07 Å². The van der Waals surface area contributed by atoms with Crippen molar-refractivity contribution in [2.45, 2.75) is 26.0 Å². The van der Waals surface area contributed by atoms with Crippen molar-refractivity contribution in [1.29, 1.82) is 5.26 Å². The first-order chi connectivity index (χ1) is 10.6. The van der Waals surface area contributed by atoms with Gasteiger partial charge in [-0.15, -0.1) is 11.3 Å². The van der Waals surface area contributed by atoms with E-state index in [9.17, 15) is 9.59 Å². The average Bonchev–Trinajstić information content (AvgIpc) is 2.81. The molecule has 0 aliphatic carbocycles. The van der Waals surface area contributed by atoms with Crippen molar-refractivity contribution in [2.24, 2.45) is 0 Å². The normalized spacial score (nSPS) is 10.6. The monoisotopic (exact) mass is 337 g/mol. The number of nitriles is 1. The predicted molar refractivity (Wildman–Crippen MR) is 87.3 cm³/mol. The van der Waals surface area contributed by atoms with E-state index in [4.69, 9.17) is 10.00 Å². The molecule has 0 spiro atoms. The van der Waals surface area contributed by atoms with Gasteiger partial charge in [-0.2, -0.15) is 17.0 Å². The van der Waals surface area contributed by atoms with Gasteiger partial charge in [0.1, 0.15) is 15.5 Å². The molecule has 2 heterocycles. The Bertz CT molecular complexity index is 789. The van der Waals surface area contributed by atoms with Gasteiger partial charge in [0.15, 0.2) is 0 Å². The largest absolute Gasteiger partial charge is 0.462 e. The van der Waals surface area contributed by atoms with Gasteiger partial charge < -0.3 is 9.72 Å². The number of thiophene rings is 1. The molecule has 0 fully saturated rings. The van der Waals surface area contributed by atoms with E-state index in [1.807, 2.05) is 0 Å². The van der Waals surface area contributed by atoms with Crippen LogP contribution in [0.3, 0.4) is 0 Å². The Kier molecular flexibility index (Phi) is 5.57. The van der Waals surface area contributed by atoms with Gasteiger partial charge in [0.05, 0.1) is 23.8 Å². The molecule has 0 radical (unpaired) electrons. The van der Waals surface area contributed by atoms with Gasteiger partial charge in [-0.25, -0.2) is 9.78 Å². The summed E-state index contributed by atoms with van der Waals surface area (Å²) in [5, 5.41) is 8.94. The highest BCUT2D eigenvalue weighted by Gasteiger charge is 2.20. The van der Waals surface area contributed by atoms with Crippen molar-refractivity contribution >= 4 is 39.3 Å². The molecular weight excluding hydrogens is 322 g/mol. The van der Waals surface area contributed by atoms with Crippen LogP contribution in [0, 0.1) is 18.3 Å². The van der Waals surface area contributed by atoms with Gasteiger partial charge >= 0.3 is 5.97 Å². The van der Waals surface area contributed by atoms with Crippen LogP contribution in [0.2, 0.25) is 0 Å². The van der Waals surface area contributed by atoms with Gasteiger partial charge in [0.2, 0.25) is 0 Å². The fraction of sp³-hybridized carbons (Fsp3) is 0.429. The highest BCUT2D eigenvalue weighted by molar-refractivity contribution is 7.98. The number of rotatable bonds is 6. The molecule has 8 heteroatoms.